The number of benzene rings is 6. The molecule has 2 saturated carbocycles. The molecular formula is C66H78F2O10. The Morgan fingerprint density at radius 2 is 0.859 bits per heavy atom. The van der Waals surface area contributed by atoms with Crippen LogP contribution in [0.15, 0.2) is 121 Å². The van der Waals surface area contributed by atoms with E-state index in [2.05, 4.69) is 53.7 Å². The third kappa shape index (κ3) is 15.3. The van der Waals surface area contributed by atoms with E-state index in [0.29, 0.717) is 60.5 Å². The van der Waals surface area contributed by atoms with Crippen molar-refractivity contribution in [2.75, 3.05) is 42.7 Å². The van der Waals surface area contributed by atoms with Gasteiger partial charge >= 0.3 is 11.9 Å². The first-order valence-corrected chi connectivity index (χ1v) is 26.9. The van der Waals surface area contributed by atoms with Crippen molar-refractivity contribution in [1.82, 2.24) is 0 Å². The van der Waals surface area contributed by atoms with Gasteiger partial charge in [0.1, 0.15) is 47.8 Å². The van der Waals surface area contributed by atoms with E-state index in [1.54, 1.807) is 52.7 Å². The minimum atomic E-state index is -0.321. The molecule has 0 unspecified atom stereocenters. The van der Waals surface area contributed by atoms with Crippen LogP contribution in [0.5, 0.6) is 23.0 Å². The van der Waals surface area contributed by atoms with Gasteiger partial charge in [-0.05, 0) is 177 Å². The minimum absolute atomic E-state index is 0.138. The highest BCUT2D eigenvalue weighted by molar-refractivity contribution is 5.73. The van der Waals surface area contributed by atoms with Crippen molar-refractivity contribution >= 4 is 11.9 Å². The van der Waals surface area contributed by atoms with Crippen LogP contribution < -0.4 is 18.9 Å². The number of carbonyl (C=O) groups is 2. The number of esters is 2. The molecule has 6 aromatic rings. The van der Waals surface area contributed by atoms with Crippen molar-refractivity contribution in [1.29, 1.82) is 0 Å². The Balaban J connectivity index is 0.000000226. The summed E-state index contributed by atoms with van der Waals surface area (Å²) < 4.78 is 75.0. The van der Waals surface area contributed by atoms with Gasteiger partial charge in [-0.25, -0.2) is 8.78 Å². The van der Waals surface area contributed by atoms with Crippen molar-refractivity contribution in [3.63, 3.8) is 0 Å². The molecule has 0 radical (unpaired) electrons. The predicted molar refractivity (Wildman–Crippen MR) is 301 cm³/mol. The number of rotatable bonds is 22. The highest BCUT2D eigenvalue weighted by Gasteiger charge is 2.36. The molecule has 8 rings (SSSR count). The Hall–Kier alpha value is -6.76. The van der Waals surface area contributed by atoms with E-state index in [4.69, 9.17) is 37.9 Å². The standard InChI is InChI=1S/2C33H39FO5/c2*1-33(2,3)32(38-6)29-16-21(10-14-26(29)28-18-24(36-4)13-15-30(28)34)20-39-25-9-7-8-23(17-25)27(22-11-12-22)19-31(35)37-5/h2*7-10,13-18,22,27,32H,11-12,19-20H2,1-6H3/t27-,32+;27-,32-/m11/s1. The summed E-state index contributed by atoms with van der Waals surface area (Å²) in [6.07, 6.45) is 4.71. The molecule has 2 aliphatic rings. The van der Waals surface area contributed by atoms with Gasteiger partial charge < -0.3 is 37.9 Å². The van der Waals surface area contributed by atoms with E-state index in [-0.39, 0.29) is 58.4 Å². The first-order chi connectivity index (χ1) is 37.3. The van der Waals surface area contributed by atoms with Gasteiger partial charge in [-0.2, -0.15) is 0 Å². The maximum Gasteiger partial charge on any atom is 0.306 e. The lowest BCUT2D eigenvalue weighted by Gasteiger charge is -2.32. The molecule has 0 N–H and O–H groups in total. The number of carbonyl (C=O) groups excluding carboxylic acids is 2. The van der Waals surface area contributed by atoms with E-state index < -0.39 is 0 Å². The minimum Gasteiger partial charge on any atom is -0.497 e. The zero-order chi connectivity index (χ0) is 56.3. The molecule has 2 aliphatic carbocycles. The smallest absolute Gasteiger partial charge is 0.306 e. The van der Waals surface area contributed by atoms with Gasteiger partial charge in [0.25, 0.3) is 0 Å². The summed E-state index contributed by atoms with van der Waals surface area (Å²) in [4.78, 5) is 24.0. The summed E-state index contributed by atoms with van der Waals surface area (Å²) in [6.45, 7) is 13.3. The van der Waals surface area contributed by atoms with Crippen LogP contribution in [0.1, 0.15) is 137 Å². The molecule has 0 saturated heterocycles. The van der Waals surface area contributed by atoms with Gasteiger partial charge in [-0.3, -0.25) is 9.59 Å². The monoisotopic (exact) mass is 1070 g/mol. The number of methoxy groups -OCH3 is 6. The molecule has 12 heteroatoms. The number of hydrogen-bond acceptors (Lipinski definition) is 10. The summed E-state index contributed by atoms with van der Waals surface area (Å²) in [5.41, 5.74) is 7.84. The maximum atomic E-state index is 15.0. The first-order valence-electron chi connectivity index (χ1n) is 26.9. The number of hydrogen-bond donors (Lipinski definition) is 0. The summed E-state index contributed by atoms with van der Waals surface area (Å²) >= 11 is 0. The van der Waals surface area contributed by atoms with Crippen LogP contribution in [0, 0.1) is 34.3 Å². The Kier molecular flexibility index (Phi) is 19.8. The second-order valence-corrected chi connectivity index (χ2v) is 22.7. The van der Waals surface area contributed by atoms with Gasteiger partial charge in [0.15, 0.2) is 0 Å². The predicted octanol–water partition coefficient (Wildman–Crippen LogP) is 15.7. The largest absolute Gasteiger partial charge is 0.497 e. The zero-order valence-corrected chi connectivity index (χ0v) is 47.5. The lowest BCUT2D eigenvalue weighted by molar-refractivity contribution is -0.142. The lowest BCUT2D eigenvalue weighted by atomic mass is 9.81. The summed E-state index contributed by atoms with van der Waals surface area (Å²) in [5, 5.41) is 0. The van der Waals surface area contributed by atoms with Crippen molar-refractivity contribution < 1.29 is 56.3 Å². The average Bonchev–Trinajstić information content (AvgIpc) is 4.45. The fourth-order valence-electron chi connectivity index (χ4n) is 10.5. The van der Waals surface area contributed by atoms with Gasteiger partial charge in [0.05, 0.1) is 53.5 Å². The van der Waals surface area contributed by atoms with Crippen molar-refractivity contribution in [3.8, 4) is 45.3 Å². The summed E-state index contributed by atoms with van der Waals surface area (Å²) in [6, 6.07) is 37.4. The molecule has 416 valence electrons. The fraction of sp³-hybridized carbons (Fsp3) is 0.424. The van der Waals surface area contributed by atoms with Crippen molar-refractivity contribution in [2.24, 2.45) is 22.7 Å². The molecule has 0 spiro atoms. The number of ether oxygens (including phenoxy) is 8. The van der Waals surface area contributed by atoms with Crippen LogP contribution in [0.4, 0.5) is 8.78 Å². The zero-order valence-electron chi connectivity index (χ0n) is 47.5. The second-order valence-electron chi connectivity index (χ2n) is 22.7. The normalized spacial score (nSPS) is 14.9. The van der Waals surface area contributed by atoms with E-state index >= 15 is 8.78 Å². The quantitative estimate of drug-likeness (QED) is 0.0610. The van der Waals surface area contributed by atoms with Crippen LogP contribution in [-0.4, -0.2) is 54.6 Å². The fourth-order valence-corrected chi connectivity index (χ4v) is 10.5. The van der Waals surface area contributed by atoms with Crippen molar-refractivity contribution in [2.45, 2.75) is 117 Å². The molecule has 0 aromatic heterocycles. The van der Waals surface area contributed by atoms with Crippen LogP contribution in [-0.2, 0) is 41.8 Å². The molecule has 0 heterocycles. The Bertz CT molecular complexity index is 2780. The molecule has 78 heavy (non-hydrogen) atoms. The Morgan fingerprint density at radius 1 is 0.474 bits per heavy atom. The number of halogens is 2. The topological polar surface area (TPSA) is 108 Å². The highest BCUT2D eigenvalue weighted by atomic mass is 19.1. The Labute approximate surface area is 460 Å². The van der Waals surface area contributed by atoms with E-state index in [1.807, 2.05) is 72.8 Å². The molecule has 2 fully saturated rings. The molecule has 0 bridgehead atoms. The van der Waals surface area contributed by atoms with Crippen LogP contribution in [0.3, 0.4) is 0 Å². The van der Waals surface area contributed by atoms with Gasteiger partial charge in [-0.15, -0.1) is 0 Å². The third-order valence-electron chi connectivity index (χ3n) is 14.8. The van der Waals surface area contributed by atoms with Gasteiger partial charge in [0, 0.05) is 25.3 Å². The summed E-state index contributed by atoms with van der Waals surface area (Å²) in [5.74, 6) is 2.94. The van der Waals surface area contributed by atoms with Crippen LogP contribution in [0.25, 0.3) is 22.3 Å². The molecule has 10 nitrogen and oxygen atoms in total. The molecular weight excluding hydrogens is 991 g/mol. The molecule has 0 aliphatic heterocycles. The van der Waals surface area contributed by atoms with Crippen molar-refractivity contribution in [3.05, 3.63) is 166 Å². The van der Waals surface area contributed by atoms with Gasteiger partial charge in [0.2, 0.25) is 0 Å². The first kappa shape index (κ1) is 58.9. The maximum absolute atomic E-state index is 15.0. The molecule has 4 atom stereocenters. The third-order valence-corrected chi connectivity index (χ3v) is 14.8. The van der Waals surface area contributed by atoms with Crippen LogP contribution >= 0.6 is 0 Å². The van der Waals surface area contributed by atoms with E-state index in [1.165, 1.54) is 26.4 Å². The average molecular weight is 1070 g/mol. The highest BCUT2D eigenvalue weighted by Crippen LogP contribution is 2.48. The van der Waals surface area contributed by atoms with Crippen LogP contribution in [0.2, 0.25) is 0 Å². The SMILES string of the molecule is COC(=O)C[C@@H](c1cccc(OCc2ccc(-c3cc(OC)ccc3F)c([C@@H](OC)C(C)(C)C)c2)c1)C1CC1.COC(=O)C[C@@H](c1cccc(OCc2ccc(-c3cc(OC)ccc3F)c([C@H](OC)C(C)(C)C)c2)c1)C1CC1. The lowest BCUT2D eigenvalue weighted by Crippen LogP contribution is -2.21. The van der Waals surface area contributed by atoms with Gasteiger partial charge in [-0.1, -0.05) is 90.1 Å². The van der Waals surface area contributed by atoms with E-state index in [9.17, 15) is 9.59 Å². The second kappa shape index (κ2) is 26.3. The summed E-state index contributed by atoms with van der Waals surface area (Å²) in [7, 11) is 9.37. The molecule has 0 amide bonds. The molecule has 6 aromatic carbocycles. The van der Waals surface area contributed by atoms with E-state index in [0.717, 1.165) is 81.7 Å². The Morgan fingerprint density at radius 3 is 1.18 bits per heavy atom.